The molecule has 1 aliphatic carbocycles. The number of hydrogen-bond acceptors (Lipinski definition) is 2. The fourth-order valence-electron chi connectivity index (χ4n) is 4.31. The van der Waals surface area contributed by atoms with E-state index in [1.165, 1.54) is 49.2 Å². The molecule has 1 fully saturated rings. The van der Waals surface area contributed by atoms with Crippen LogP contribution in [-0.4, -0.2) is 12.3 Å². The van der Waals surface area contributed by atoms with Gasteiger partial charge >= 0.3 is 0 Å². The summed E-state index contributed by atoms with van der Waals surface area (Å²) in [4.78, 5) is 1.51. The van der Waals surface area contributed by atoms with Gasteiger partial charge in [-0.1, -0.05) is 44.4 Å². The zero-order valence-corrected chi connectivity index (χ0v) is 13.4. The summed E-state index contributed by atoms with van der Waals surface area (Å²) in [6.45, 7) is 3.23. The van der Waals surface area contributed by atoms with Crippen molar-refractivity contribution in [1.29, 1.82) is 0 Å². The van der Waals surface area contributed by atoms with Gasteiger partial charge in [0.2, 0.25) is 0 Å². The second-order valence-corrected chi connectivity index (χ2v) is 7.89. The molecule has 0 amide bonds. The number of benzene rings is 1. The minimum Gasteiger partial charge on any atom is -0.330 e. The topological polar surface area (TPSA) is 26.0 Å². The molecule has 2 heteroatoms. The Morgan fingerprint density at radius 3 is 3.00 bits per heavy atom. The van der Waals surface area contributed by atoms with Crippen LogP contribution in [0.4, 0.5) is 0 Å². The second kappa shape index (κ2) is 6.11. The van der Waals surface area contributed by atoms with E-state index in [4.69, 9.17) is 5.73 Å². The van der Waals surface area contributed by atoms with Gasteiger partial charge in [-0.3, -0.25) is 0 Å². The molecular formula is C18H27NS. The maximum atomic E-state index is 6.25. The van der Waals surface area contributed by atoms with Crippen LogP contribution in [0, 0.1) is 11.3 Å². The second-order valence-electron chi connectivity index (χ2n) is 6.82. The molecule has 1 aliphatic heterocycles. The molecule has 20 heavy (non-hydrogen) atoms. The number of fused-ring (bicyclic) bond motifs is 1. The summed E-state index contributed by atoms with van der Waals surface area (Å²) >= 11 is 2.04. The van der Waals surface area contributed by atoms with E-state index < -0.39 is 0 Å². The zero-order chi connectivity index (χ0) is 14.0. The van der Waals surface area contributed by atoms with E-state index in [0.717, 1.165) is 18.4 Å². The predicted molar refractivity (Wildman–Crippen MR) is 88.3 cm³/mol. The number of nitrogens with two attached hydrogens (primary N) is 1. The lowest BCUT2D eigenvalue weighted by Crippen LogP contribution is -2.37. The highest BCUT2D eigenvalue weighted by atomic mass is 32.2. The van der Waals surface area contributed by atoms with Crippen molar-refractivity contribution < 1.29 is 0 Å². The molecular weight excluding hydrogens is 262 g/mol. The minimum atomic E-state index is 0.418. The van der Waals surface area contributed by atoms with Gasteiger partial charge in [0.25, 0.3) is 0 Å². The highest BCUT2D eigenvalue weighted by molar-refractivity contribution is 7.99. The van der Waals surface area contributed by atoms with Crippen molar-refractivity contribution in [3.8, 4) is 0 Å². The van der Waals surface area contributed by atoms with E-state index in [1.807, 2.05) is 11.8 Å². The number of rotatable bonds is 4. The van der Waals surface area contributed by atoms with Gasteiger partial charge in [-0.25, -0.2) is 0 Å². The van der Waals surface area contributed by atoms with Gasteiger partial charge in [-0.05, 0) is 54.7 Å². The van der Waals surface area contributed by atoms with Crippen molar-refractivity contribution in [2.75, 3.05) is 12.3 Å². The number of thioether (sulfide) groups is 1. The van der Waals surface area contributed by atoms with Gasteiger partial charge in [-0.2, -0.15) is 0 Å². The normalized spacial score (nSPS) is 33.1. The van der Waals surface area contributed by atoms with Crippen LogP contribution in [0.3, 0.4) is 0 Å². The van der Waals surface area contributed by atoms with Gasteiger partial charge in [0.15, 0.2) is 0 Å². The fraction of sp³-hybridized carbons (Fsp3) is 0.667. The molecule has 0 spiro atoms. The molecule has 0 saturated heterocycles. The quantitative estimate of drug-likeness (QED) is 0.860. The third kappa shape index (κ3) is 2.78. The van der Waals surface area contributed by atoms with Crippen LogP contribution in [0.1, 0.15) is 56.9 Å². The fourth-order valence-corrected chi connectivity index (χ4v) is 5.56. The standard InChI is InChI=1S/C18H27NS/c1-2-14-6-5-9-18(10-14,13-19)11-15-12-20-17-8-4-3-7-16(15)17/h3-4,7-8,14-15H,2,5-6,9-13,19H2,1H3. The van der Waals surface area contributed by atoms with E-state index in [9.17, 15) is 0 Å². The van der Waals surface area contributed by atoms with Crippen LogP contribution in [0.2, 0.25) is 0 Å². The summed E-state index contributed by atoms with van der Waals surface area (Å²) in [5.74, 6) is 2.91. The van der Waals surface area contributed by atoms with Crippen LogP contribution in [-0.2, 0) is 0 Å². The molecule has 2 N–H and O–H groups in total. The summed E-state index contributed by atoms with van der Waals surface area (Å²) in [7, 11) is 0. The Kier molecular flexibility index (Phi) is 4.42. The first kappa shape index (κ1) is 14.5. The lowest BCUT2D eigenvalue weighted by atomic mass is 9.64. The zero-order valence-electron chi connectivity index (χ0n) is 12.6. The largest absolute Gasteiger partial charge is 0.330 e. The Balaban J connectivity index is 1.76. The van der Waals surface area contributed by atoms with Crippen LogP contribution in [0.5, 0.6) is 0 Å². The molecule has 3 rings (SSSR count). The van der Waals surface area contributed by atoms with Crippen molar-refractivity contribution in [2.24, 2.45) is 17.1 Å². The van der Waals surface area contributed by atoms with Crippen LogP contribution < -0.4 is 5.73 Å². The first-order valence-corrected chi connectivity index (χ1v) is 9.17. The molecule has 1 nitrogen and oxygen atoms in total. The van der Waals surface area contributed by atoms with Gasteiger partial charge < -0.3 is 5.73 Å². The van der Waals surface area contributed by atoms with E-state index >= 15 is 0 Å². The maximum absolute atomic E-state index is 6.25. The Morgan fingerprint density at radius 2 is 2.20 bits per heavy atom. The lowest BCUT2D eigenvalue weighted by Gasteiger charge is -2.42. The van der Waals surface area contributed by atoms with Gasteiger partial charge in [0.05, 0.1) is 0 Å². The van der Waals surface area contributed by atoms with Gasteiger partial charge in [0.1, 0.15) is 0 Å². The van der Waals surface area contributed by atoms with Crippen molar-refractivity contribution in [3.63, 3.8) is 0 Å². The molecule has 3 unspecified atom stereocenters. The first-order chi connectivity index (χ1) is 9.76. The Hall–Kier alpha value is -0.470. The van der Waals surface area contributed by atoms with Crippen LogP contribution in [0.25, 0.3) is 0 Å². The van der Waals surface area contributed by atoms with Crippen LogP contribution in [0.15, 0.2) is 29.2 Å². The average molecular weight is 289 g/mol. The van der Waals surface area contributed by atoms with Crippen molar-refractivity contribution in [3.05, 3.63) is 29.8 Å². The third-order valence-corrected chi connectivity index (χ3v) is 6.78. The Morgan fingerprint density at radius 1 is 1.35 bits per heavy atom. The highest BCUT2D eigenvalue weighted by Gasteiger charge is 2.38. The SMILES string of the molecule is CCC1CCCC(CN)(CC2CSc3ccccc32)C1. The van der Waals surface area contributed by atoms with Gasteiger partial charge in [-0.15, -0.1) is 11.8 Å². The molecule has 1 heterocycles. The monoisotopic (exact) mass is 289 g/mol. The first-order valence-electron chi connectivity index (χ1n) is 8.18. The lowest BCUT2D eigenvalue weighted by molar-refractivity contribution is 0.124. The number of hydrogen-bond donors (Lipinski definition) is 1. The maximum Gasteiger partial charge on any atom is 0.0107 e. The van der Waals surface area contributed by atoms with E-state index in [2.05, 4.69) is 31.2 Å². The molecule has 3 atom stereocenters. The summed E-state index contributed by atoms with van der Waals surface area (Å²) in [6.07, 6.45) is 8.17. The van der Waals surface area contributed by atoms with Gasteiger partial charge in [0, 0.05) is 10.6 Å². The molecule has 110 valence electrons. The molecule has 1 saturated carbocycles. The summed E-state index contributed by atoms with van der Waals surface area (Å²) in [5.41, 5.74) is 8.25. The molecule has 0 bridgehead atoms. The third-order valence-electron chi connectivity index (χ3n) is 5.53. The van der Waals surface area contributed by atoms with E-state index in [0.29, 0.717) is 5.41 Å². The Labute approximate surface area is 127 Å². The summed E-state index contributed by atoms with van der Waals surface area (Å²) in [5, 5.41) is 0. The predicted octanol–water partition coefficient (Wildman–Crippen LogP) is 4.81. The summed E-state index contributed by atoms with van der Waals surface area (Å²) in [6, 6.07) is 8.98. The van der Waals surface area contributed by atoms with E-state index in [-0.39, 0.29) is 0 Å². The molecule has 2 aliphatic rings. The van der Waals surface area contributed by atoms with Crippen LogP contribution >= 0.6 is 11.8 Å². The van der Waals surface area contributed by atoms with Crippen molar-refractivity contribution >= 4 is 11.8 Å². The smallest absolute Gasteiger partial charge is 0.0107 e. The summed E-state index contributed by atoms with van der Waals surface area (Å²) < 4.78 is 0. The molecule has 0 radical (unpaired) electrons. The Bertz CT molecular complexity index is 458. The average Bonchev–Trinajstić information content (AvgIpc) is 2.90. The molecule has 1 aromatic carbocycles. The van der Waals surface area contributed by atoms with Crippen molar-refractivity contribution in [2.45, 2.75) is 56.3 Å². The minimum absolute atomic E-state index is 0.418. The van der Waals surface area contributed by atoms with E-state index in [1.54, 1.807) is 5.56 Å². The molecule has 0 aromatic heterocycles. The van der Waals surface area contributed by atoms with Crippen molar-refractivity contribution in [1.82, 2.24) is 0 Å². The highest BCUT2D eigenvalue weighted by Crippen LogP contribution is 2.50. The molecule has 1 aromatic rings.